The number of carbonyl (C=O) groups excluding carboxylic acids is 1. The fourth-order valence-corrected chi connectivity index (χ4v) is 3.04. The van der Waals surface area contributed by atoms with Crippen molar-refractivity contribution in [1.29, 1.82) is 0 Å². The van der Waals surface area contributed by atoms with Crippen molar-refractivity contribution in [3.8, 4) is 0 Å². The molecule has 3 N–H and O–H groups in total. The first-order valence-corrected chi connectivity index (χ1v) is 7.67. The Morgan fingerprint density at radius 2 is 1.71 bits per heavy atom. The molecule has 7 heteroatoms. The molecule has 5 nitrogen and oxygen atoms in total. The Kier molecular flexibility index (Phi) is 4.23. The van der Waals surface area contributed by atoms with Crippen LogP contribution in [0.1, 0.15) is 15.9 Å². The van der Waals surface area contributed by atoms with E-state index in [0.717, 1.165) is 0 Å². The third-order valence-electron chi connectivity index (χ3n) is 2.76. The van der Waals surface area contributed by atoms with Crippen molar-refractivity contribution in [1.82, 2.24) is 0 Å². The highest BCUT2D eigenvalue weighted by atomic mass is 32.2. The summed E-state index contributed by atoms with van der Waals surface area (Å²) >= 11 is 0. The molecule has 0 aromatic heterocycles. The number of halogens is 1. The Balaban J connectivity index is 2.27. The van der Waals surface area contributed by atoms with E-state index in [2.05, 4.69) is 4.72 Å². The van der Waals surface area contributed by atoms with Gasteiger partial charge in [-0.3, -0.25) is 9.52 Å². The second-order valence-electron chi connectivity index (χ2n) is 4.36. The fourth-order valence-electron chi connectivity index (χ4n) is 1.81. The van der Waals surface area contributed by atoms with Crippen molar-refractivity contribution in [2.24, 2.45) is 5.73 Å². The first-order chi connectivity index (χ1) is 9.89. The zero-order chi connectivity index (χ0) is 15.5. The van der Waals surface area contributed by atoms with Gasteiger partial charge in [0.1, 0.15) is 5.82 Å². The van der Waals surface area contributed by atoms with Gasteiger partial charge < -0.3 is 5.73 Å². The highest BCUT2D eigenvalue weighted by Crippen LogP contribution is 2.18. The SMILES string of the molecule is NC(=O)c1ccccc1NS(=O)(=O)Cc1ccccc1F. The largest absolute Gasteiger partial charge is 0.366 e. The smallest absolute Gasteiger partial charge is 0.250 e. The number of hydrogen-bond acceptors (Lipinski definition) is 3. The highest BCUT2D eigenvalue weighted by Gasteiger charge is 2.17. The lowest BCUT2D eigenvalue weighted by molar-refractivity contribution is 0.100. The van der Waals surface area contributed by atoms with Gasteiger partial charge in [0.2, 0.25) is 10.0 Å². The van der Waals surface area contributed by atoms with Crippen molar-refractivity contribution >= 4 is 21.6 Å². The van der Waals surface area contributed by atoms with Gasteiger partial charge in [0.05, 0.1) is 17.0 Å². The Hall–Kier alpha value is -2.41. The number of nitrogens with one attached hydrogen (secondary N) is 1. The van der Waals surface area contributed by atoms with Crippen LogP contribution in [0.4, 0.5) is 10.1 Å². The maximum Gasteiger partial charge on any atom is 0.250 e. The molecule has 0 atom stereocenters. The first kappa shape index (κ1) is 15.0. The van der Waals surface area contributed by atoms with Crippen molar-refractivity contribution in [3.05, 3.63) is 65.5 Å². The number of anilines is 1. The van der Waals surface area contributed by atoms with Crippen LogP contribution in [-0.4, -0.2) is 14.3 Å². The number of rotatable bonds is 5. The quantitative estimate of drug-likeness (QED) is 0.883. The molecule has 0 fully saturated rings. The number of carbonyl (C=O) groups is 1. The summed E-state index contributed by atoms with van der Waals surface area (Å²) in [5.74, 6) is -1.89. The predicted molar refractivity (Wildman–Crippen MR) is 77.6 cm³/mol. The van der Waals surface area contributed by atoms with Gasteiger partial charge in [0.25, 0.3) is 5.91 Å². The monoisotopic (exact) mass is 308 g/mol. The summed E-state index contributed by atoms with van der Waals surface area (Å²) in [6.07, 6.45) is 0. The lowest BCUT2D eigenvalue weighted by Gasteiger charge is -2.11. The molecule has 1 amide bonds. The molecule has 0 bridgehead atoms. The molecule has 0 unspecified atom stereocenters. The number of sulfonamides is 1. The standard InChI is InChI=1S/C14H13FN2O3S/c15-12-7-3-1-5-10(12)9-21(19,20)17-13-8-4-2-6-11(13)14(16)18/h1-8,17H,9H2,(H2,16,18). The summed E-state index contributed by atoms with van der Waals surface area (Å²) in [4.78, 5) is 11.2. The normalized spacial score (nSPS) is 11.1. The molecular formula is C14H13FN2O3S. The molecule has 0 aliphatic carbocycles. The van der Waals surface area contributed by atoms with Gasteiger partial charge in [0.15, 0.2) is 0 Å². The van der Waals surface area contributed by atoms with Gasteiger partial charge in [-0.2, -0.15) is 0 Å². The second-order valence-corrected chi connectivity index (χ2v) is 6.08. The molecule has 21 heavy (non-hydrogen) atoms. The van der Waals surface area contributed by atoms with Gasteiger partial charge in [-0.1, -0.05) is 30.3 Å². The lowest BCUT2D eigenvalue weighted by Crippen LogP contribution is -2.20. The molecule has 2 aromatic carbocycles. The van der Waals surface area contributed by atoms with Crippen LogP contribution in [0, 0.1) is 5.82 Å². The minimum absolute atomic E-state index is 0.0431. The van der Waals surface area contributed by atoms with Crippen molar-refractivity contribution in [2.45, 2.75) is 5.75 Å². The van der Waals surface area contributed by atoms with Crippen LogP contribution in [0.3, 0.4) is 0 Å². The highest BCUT2D eigenvalue weighted by molar-refractivity contribution is 7.91. The van der Waals surface area contributed by atoms with Crippen molar-refractivity contribution < 1.29 is 17.6 Å². The summed E-state index contributed by atoms with van der Waals surface area (Å²) in [5, 5.41) is 0. The number of para-hydroxylation sites is 1. The predicted octanol–water partition coefficient (Wildman–Crippen LogP) is 1.87. The van der Waals surface area contributed by atoms with E-state index in [9.17, 15) is 17.6 Å². The molecule has 2 rings (SSSR count). The Morgan fingerprint density at radius 1 is 1.10 bits per heavy atom. The van der Waals surface area contributed by atoms with E-state index in [1.165, 1.54) is 30.3 Å². The Bertz CT molecular complexity index is 775. The number of benzene rings is 2. The summed E-state index contributed by atoms with van der Waals surface area (Å²) in [5.41, 5.74) is 5.34. The van der Waals surface area contributed by atoms with Crippen LogP contribution in [0.5, 0.6) is 0 Å². The third kappa shape index (κ3) is 3.79. The molecule has 0 radical (unpaired) electrons. The second kappa shape index (κ2) is 5.92. The topological polar surface area (TPSA) is 89.3 Å². The van der Waals surface area contributed by atoms with Gasteiger partial charge in [-0.15, -0.1) is 0 Å². The van der Waals surface area contributed by atoms with Gasteiger partial charge in [0, 0.05) is 5.56 Å². The molecule has 0 saturated heterocycles. The zero-order valence-corrected chi connectivity index (χ0v) is 11.7. The van der Waals surface area contributed by atoms with Gasteiger partial charge in [-0.25, -0.2) is 12.8 Å². The number of primary amides is 1. The lowest BCUT2D eigenvalue weighted by atomic mass is 10.2. The molecule has 2 aromatic rings. The minimum Gasteiger partial charge on any atom is -0.366 e. The van der Waals surface area contributed by atoms with Gasteiger partial charge in [-0.05, 0) is 18.2 Å². The van der Waals surface area contributed by atoms with E-state index in [1.807, 2.05) is 0 Å². The summed E-state index contributed by atoms with van der Waals surface area (Å²) in [6, 6.07) is 11.5. The van der Waals surface area contributed by atoms with Crippen LogP contribution in [0.2, 0.25) is 0 Å². The summed E-state index contributed by atoms with van der Waals surface area (Å²) < 4.78 is 39.9. The molecule has 0 saturated carbocycles. The summed E-state index contributed by atoms with van der Waals surface area (Å²) in [7, 11) is -3.86. The number of nitrogens with two attached hydrogens (primary N) is 1. The maximum absolute atomic E-state index is 13.5. The van der Waals surface area contributed by atoms with E-state index in [4.69, 9.17) is 5.73 Å². The van der Waals surface area contributed by atoms with Crippen molar-refractivity contribution in [3.63, 3.8) is 0 Å². The molecular weight excluding hydrogens is 295 g/mol. The summed E-state index contributed by atoms with van der Waals surface area (Å²) in [6.45, 7) is 0. The van der Waals surface area contributed by atoms with E-state index in [1.54, 1.807) is 18.2 Å². The fraction of sp³-hybridized carbons (Fsp3) is 0.0714. The maximum atomic E-state index is 13.5. The van der Waals surface area contributed by atoms with E-state index < -0.39 is 27.5 Å². The van der Waals surface area contributed by atoms with Crippen LogP contribution >= 0.6 is 0 Å². The zero-order valence-electron chi connectivity index (χ0n) is 10.9. The molecule has 0 aliphatic heterocycles. The number of amides is 1. The molecule has 110 valence electrons. The van der Waals surface area contributed by atoms with Crippen molar-refractivity contribution in [2.75, 3.05) is 4.72 Å². The van der Waals surface area contributed by atoms with E-state index in [-0.39, 0.29) is 16.8 Å². The number of hydrogen-bond donors (Lipinski definition) is 2. The van der Waals surface area contributed by atoms with Crippen LogP contribution in [0.15, 0.2) is 48.5 Å². The van der Waals surface area contributed by atoms with Crippen LogP contribution in [0.25, 0.3) is 0 Å². The Labute approximate surface area is 121 Å². The molecule has 0 heterocycles. The van der Waals surface area contributed by atoms with Gasteiger partial charge >= 0.3 is 0 Å². The minimum atomic E-state index is -3.86. The van der Waals surface area contributed by atoms with Crippen LogP contribution in [-0.2, 0) is 15.8 Å². The third-order valence-corrected chi connectivity index (χ3v) is 3.98. The average molecular weight is 308 g/mol. The average Bonchev–Trinajstić information content (AvgIpc) is 2.41. The van der Waals surface area contributed by atoms with E-state index in [0.29, 0.717) is 0 Å². The van der Waals surface area contributed by atoms with E-state index >= 15 is 0 Å². The first-order valence-electron chi connectivity index (χ1n) is 6.02. The Morgan fingerprint density at radius 3 is 2.38 bits per heavy atom. The molecule has 0 aliphatic rings. The van der Waals surface area contributed by atoms with Crippen LogP contribution < -0.4 is 10.5 Å². The molecule has 0 spiro atoms.